The van der Waals surface area contributed by atoms with Crippen molar-refractivity contribution in [2.45, 2.75) is 73.8 Å². The molecular weight excluding hydrogens is 407 g/mol. The van der Waals surface area contributed by atoms with Gasteiger partial charge in [-0.2, -0.15) is 12.0 Å². The molecule has 2 aromatic rings. The van der Waals surface area contributed by atoms with Crippen molar-refractivity contribution in [3.05, 3.63) is 74.0 Å². The molecule has 0 fully saturated rings. The molecule has 0 aliphatic heterocycles. The molecule has 0 aliphatic carbocycles. The van der Waals surface area contributed by atoms with Crippen molar-refractivity contribution in [1.29, 1.82) is 0 Å². The van der Waals surface area contributed by atoms with Gasteiger partial charge in [0.1, 0.15) is 19.0 Å². The monoisotopic (exact) mass is 450 g/mol. The Kier molecular flexibility index (Phi) is 12.8. The van der Waals surface area contributed by atoms with Gasteiger partial charge in [-0.15, -0.1) is 0 Å². The third kappa shape index (κ3) is 8.90. The van der Waals surface area contributed by atoms with Crippen LogP contribution >= 0.6 is 0 Å². The molecule has 0 spiro atoms. The third-order valence-corrected chi connectivity index (χ3v) is 6.66. The molecule has 0 radical (unpaired) electrons. The van der Waals surface area contributed by atoms with Crippen LogP contribution in [0, 0.1) is 30.1 Å². The van der Waals surface area contributed by atoms with Crippen molar-refractivity contribution < 1.29 is 61.1 Å². The Hall–Kier alpha value is -0.234. The number of aromatic nitrogens is 2. The fourth-order valence-electron chi connectivity index (χ4n) is 3.97. The molecule has 0 bridgehead atoms. The molecule has 2 aromatic heterocycles. The second-order valence-corrected chi connectivity index (χ2v) is 10.7. The van der Waals surface area contributed by atoms with E-state index in [9.17, 15) is 0 Å². The summed E-state index contributed by atoms with van der Waals surface area (Å²) in [6, 6.07) is 8.65. The zero-order valence-corrected chi connectivity index (χ0v) is 24.6. The molecule has 0 aromatic carbocycles. The molecule has 1 atom stereocenters. The number of hydrogen-bond acceptors (Lipinski definition) is 2. The first-order valence-electron chi connectivity index (χ1n) is 10.8. The smallest absolute Gasteiger partial charge is 0.390 e. The SMILES string of the molecule is CC(C)(C)CC(c1ccncc1)C(C)(C)C(C)(C)C[CH-]c1cc[n+](CCO)cc1.[CH3-].[K+]. The average molecular weight is 451 g/mol. The summed E-state index contributed by atoms with van der Waals surface area (Å²) in [5.74, 6) is 0.455. The third-order valence-electron chi connectivity index (χ3n) is 6.66. The predicted octanol–water partition coefficient (Wildman–Crippen LogP) is 3.03. The van der Waals surface area contributed by atoms with Gasteiger partial charge < -0.3 is 12.5 Å². The summed E-state index contributed by atoms with van der Waals surface area (Å²) in [6.45, 7) is 17.5. The summed E-state index contributed by atoms with van der Waals surface area (Å²) >= 11 is 0. The van der Waals surface area contributed by atoms with E-state index in [1.807, 2.05) is 29.4 Å². The number of pyridine rings is 2. The number of nitrogens with zero attached hydrogens (tertiary/aromatic N) is 2. The van der Waals surface area contributed by atoms with Crippen LogP contribution in [-0.4, -0.2) is 16.7 Å². The minimum Gasteiger partial charge on any atom is -0.390 e. The normalized spacial score (nSPS) is 13.0. The topological polar surface area (TPSA) is 37.0 Å². The van der Waals surface area contributed by atoms with Crippen molar-refractivity contribution in [3.63, 3.8) is 0 Å². The summed E-state index contributed by atoms with van der Waals surface area (Å²) in [4.78, 5) is 4.24. The van der Waals surface area contributed by atoms with Crippen LogP contribution in [0.2, 0.25) is 0 Å². The van der Waals surface area contributed by atoms with E-state index in [4.69, 9.17) is 5.11 Å². The second-order valence-electron chi connectivity index (χ2n) is 10.7. The summed E-state index contributed by atoms with van der Waals surface area (Å²) in [6.07, 6.45) is 12.4. The van der Waals surface area contributed by atoms with Crippen LogP contribution in [0.3, 0.4) is 0 Å². The van der Waals surface area contributed by atoms with Gasteiger partial charge in [-0.3, -0.25) is 4.98 Å². The molecule has 1 N–H and O–H groups in total. The fraction of sp³-hybridized carbons (Fsp3) is 0.556. The summed E-state index contributed by atoms with van der Waals surface area (Å²) < 4.78 is 2.01. The average Bonchev–Trinajstić information content (AvgIpc) is 2.65. The Balaban J connectivity index is 0.00000450. The van der Waals surface area contributed by atoms with Gasteiger partial charge in [0.05, 0.1) is 0 Å². The van der Waals surface area contributed by atoms with E-state index in [1.54, 1.807) is 0 Å². The molecule has 4 heteroatoms. The van der Waals surface area contributed by atoms with Gasteiger partial charge in [0.2, 0.25) is 0 Å². The molecular formula is C27H43KN2O. The molecule has 168 valence electrons. The molecule has 2 rings (SSSR count). The zero-order valence-electron chi connectivity index (χ0n) is 21.4. The van der Waals surface area contributed by atoms with Crippen molar-refractivity contribution in [2.24, 2.45) is 16.2 Å². The summed E-state index contributed by atoms with van der Waals surface area (Å²) in [5.41, 5.74) is 3.09. The first-order chi connectivity index (χ1) is 13.5. The number of aliphatic hydroxyl groups excluding tert-OH is 1. The first-order valence-corrected chi connectivity index (χ1v) is 10.8. The number of rotatable bonds is 9. The van der Waals surface area contributed by atoms with E-state index in [0.29, 0.717) is 12.5 Å². The first kappa shape index (κ1) is 30.8. The maximum Gasteiger partial charge on any atom is 1.00 e. The van der Waals surface area contributed by atoms with Crippen molar-refractivity contribution in [2.75, 3.05) is 6.61 Å². The van der Waals surface area contributed by atoms with E-state index < -0.39 is 0 Å². The van der Waals surface area contributed by atoms with Crippen LogP contribution in [0.1, 0.15) is 78.4 Å². The van der Waals surface area contributed by atoms with Gasteiger partial charge in [-0.05, 0) is 46.3 Å². The van der Waals surface area contributed by atoms with Crippen LogP contribution in [0.4, 0.5) is 0 Å². The Morgan fingerprint density at radius 2 is 1.52 bits per heavy atom. The van der Waals surface area contributed by atoms with Crippen LogP contribution < -0.4 is 56.0 Å². The van der Waals surface area contributed by atoms with Crippen molar-refractivity contribution in [1.82, 2.24) is 4.98 Å². The van der Waals surface area contributed by atoms with Gasteiger partial charge >= 0.3 is 51.4 Å². The maximum atomic E-state index is 9.08. The molecule has 31 heavy (non-hydrogen) atoms. The maximum absolute atomic E-state index is 9.08. The standard InChI is InChI=1S/C26H40N2O.CH3.K/c1-24(2,3)20-23(22-9-14-27-15-10-22)26(6,7)25(4,5)13-8-21-11-16-28(17-12-21)18-19-29;;/h8-12,14-17,23,29H,13,18-20H2,1-7H3;1H3;/q;-1;+1. The molecule has 1 unspecified atom stereocenters. The Morgan fingerprint density at radius 1 is 0.968 bits per heavy atom. The molecule has 3 nitrogen and oxygen atoms in total. The Labute approximate surface area is 234 Å². The molecule has 0 amide bonds. The second kappa shape index (κ2) is 12.9. The fourth-order valence-corrected chi connectivity index (χ4v) is 3.97. The van der Waals surface area contributed by atoms with Crippen LogP contribution in [0.5, 0.6) is 0 Å². The molecule has 0 saturated carbocycles. The van der Waals surface area contributed by atoms with Crippen molar-refractivity contribution in [3.8, 4) is 0 Å². The zero-order chi connectivity index (χ0) is 21.7. The van der Waals surface area contributed by atoms with E-state index in [2.05, 4.69) is 84.1 Å². The van der Waals surface area contributed by atoms with Crippen LogP contribution in [0.25, 0.3) is 0 Å². The number of aliphatic hydroxyl groups is 1. The summed E-state index contributed by atoms with van der Waals surface area (Å²) in [7, 11) is 0. The van der Waals surface area contributed by atoms with Gasteiger partial charge in [0.15, 0.2) is 6.54 Å². The Bertz CT molecular complexity index is 749. The Morgan fingerprint density at radius 3 is 2.00 bits per heavy atom. The van der Waals surface area contributed by atoms with Gasteiger partial charge in [-0.1, -0.05) is 67.0 Å². The van der Waals surface area contributed by atoms with Gasteiger partial charge in [-0.25, -0.2) is 4.57 Å². The van der Waals surface area contributed by atoms with Gasteiger partial charge in [0.25, 0.3) is 0 Å². The minimum atomic E-state index is 0. The van der Waals surface area contributed by atoms with Gasteiger partial charge in [0, 0.05) is 12.4 Å². The quantitative estimate of drug-likeness (QED) is 0.362. The van der Waals surface area contributed by atoms with E-state index in [-0.39, 0.29) is 81.7 Å². The van der Waals surface area contributed by atoms with E-state index in [0.717, 1.165) is 12.8 Å². The predicted molar refractivity (Wildman–Crippen MR) is 127 cm³/mol. The van der Waals surface area contributed by atoms with E-state index in [1.165, 1.54) is 11.1 Å². The number of hydrogen-bond donors (Lipinski definition) is 1. The van der Waals surface area contributed by atoms with E-state index >= 15 is 0 Å². The van der Waals surface area contributed by atoms with Crippen LogP contribution in [0.15, 0.2) is 49.1 Å². The molecule has 0 saturated heterocycles. The van der Waals surface area contributed by atoms with Crippen LogP contribution in [-0.2, 0) is 6.54 Å². The largest absolute Gasteiger partial charge is 1.00 e. The summed E-state index contributed by atoms with van der Waals surface area (Å²) in [5, 5.41) is 9.08. The molecule has 0 aliphatic rings. The molecule has 2 heterocycles. The minimum absolute atomic E-state index is 0. The van der Waals surface area contributed by atoms with Crippen molar-refractivity contribution >= 4 is 0 Å².